The molecule has 0 saturated heterocycles. The highest BCUT2D eigenvalue weighted by molar-refractivity contribution is 5.80. The molecular weight excluding hydrogens is 246 g/mol. The van der Waals surface area contributed by atoms with Gasteiger partial charge in [0.15, 0.2) is 6.10 Å². The fourth-order valence-electron chi connectivity index (χ4n) is 1.46. The van der Waals surface area contributed by atoms with E-state index in [1.165, 1.54) is 0 Å². The van der Waals surface area contributed by atoms with E-state index in [-0.39, 0.29) is 5.91 Å². The van der Waals surface area contributed by atoms with Crippen molar-refractivity contribution in [1.29, 1.82) is 0 Å². The molecular formula is C14H21NO4. The second-order valence-corrected chi connectivity index (χ2v) is 4.36. The van der Waals surface area contributed by atoms with Gasteiger partial charge in [-0.2, -0.15) is 0 Å². The molecule has 2 atom stereocenters. The van der Waals surface area contributed by atoms with Crippen LogP contribution >= 0.6 is 0 Å². The highest BCUT2D eigenvalue weighted by atomic mass is 16.5. The molecule has 0 saturated carbocycles. The summed E-state index contributed by atoms with van der Waals surface area (Å²) < 4.78 is 10.5. The summed E-state index contributed by atoms with van der Waals surface area (Å²) in [7, 11) is 1.59. The summed E-state index contributed by atoms with van der Waals surface area (Å²) in [6.45, 7) is 3.80. The largest absolute Gasteiger partial charge is 0.497 e. The Morgan fingerprint density at radius 2 is 1.84 bits per heavy atom. The fraction of sp³-hybridized carbons (Fsp3) is 0.500. The normalized spacial score (nSPS) is 13.5. The summed E-state index contributed by atoms with van der Waals surface area (Å²) in [6, 6.07) is 7.04. The SMILES string of the molecule is COc1ccc(OC(C)C(=O)NCCC(C)O)cc1. The first-order valence-electron chi connectivity index (χ1n) is 6.29. The van der Waals surface area contributed by atoms with Crippen molar-refractivity contribution >= 4 is 5.91 Å². The van der Waals surface area contributed by atoms with E-state index in [9.17, 15) is 4.79 Å². The van der Waals surface area contributed by atoms with Gasteiger partial charge in [-0.3, -0.25) is 4.79 Å². The molecule has 0 radical (unpaired) electrons. The van der Waals surface area contributed by atoms with Crippen LogP contribution < -0.4 is 14.8 Å². The highest BCUT2D eigenvalue weighted by Gasteiger charge is 2.14. The van der Waals surface area contributed by atoms with E-state index >= 15 is 0 Å². The zero-order chi connectivity index (χ0) is 14.3. The maximum absolute atomic E-state index is 11.7. The van der Waals surface area contributed by atoms with Gasteiger partial charge in [0.25, 0.3) is 5.91 Å². The number of carbonyl (C=O) groups excluding carboxylic acids is 1. The van der Waals surface area contributed by atoms with Crippen molar-refractivity contribution < 1.29 is 19.4 Å². The van der Waals surface area contributed by atoms with Crippen molar-refractivity contribution in [3.63, 3.8) is 0 Å². The van der Waals surface area contributed by atoms with Crippen LogP contribution in [0.1, 0.15) is 20.3 Å². The number of ether oxygens (including phenoxy) is 2. The second-order valence-electron chi connectivity index (χ2n) is 4.36. The number of hydrogen-bond donors (Lipinski definition) is 2. The topological polar surface area (TPSA) is 67.8 Å². The highest BCUT2D eigenvalue weighted by Crippen LogP contribution is 2.18. The van der Waals surface area contributed by atoms with Crippen LogP contribution in [-0.2, 0) is 4.79 Å². The minimum Gasteiger partial charge on any atom is -0.497 e. The molecule has 2 unspecified atom stereocenters. The Bertz CT molecular complexity index is 389. The molecule has 2 N–H and O–H groups in total. The van der Waals surface area contributed by atoms with Crippen LogP contribution in [0, 0.1) is 0 Å². The average molecular weight is 267 g/mol. The summed E-state index contributed by atoms with van der Waals surface area (Å²) in [5.74, 6) is 1.15. The maximum atomic E-state index is 11.7. The smallest absolute Gasteiger partial charge is 0.260 e. The van der Waals surface area contributed by atoms with Crippen molar-refractivity contribution in [1.82, 2.24) is 5.32 Å². The van der Waals surface area contributed by atoms with Crippen LogP contribution in [0.3, 0.4) is 0 Å². The molecule has 0 bridgehead atoms. The first-order chi connectivity index (χ1) is 9.02. The van der Waals surface area contributed by atoms with E-state index in [1.54, 1.807) is 45.2 Å². The first-order valence-corrected chi connectivity index (χ1v) is 6.29. The molecule has 0 aliphatic heterocycles. The fourth-order valence-corrected chi connectivity index (χ4v) is 1.46. The molecule has 0 aliphatic rings. The Kier molecular flexibility index (Phi) is 6.15. The number of hydrogen-bond acceptors (Lipinski definition) is 4. The predicted octanol–water partition coefficient (Wildman–Crippen LogP) is 1.35. The molecule has 1 rings (SSSR count). The molecule has 0 fully saturated rings. The lowest BCUT2D eigenvalue weighted by atomic mass is 10.2. The zero-order valence-corrected chi connectivity index (χ0v) is 11.6. The molecule has 1 amide bonds. The zero-order valence-electron chi connectivity index (χ0n) is 11.6. The van der Waals surface area contributed by atoms with E-state index in [2.05, 4.69) is 5.32 Å². The third kappa shape index (κ3) is 5.61. The van der Waals surface area contributed by atoms with Crippen molar-refractivity contribution in [3.05, 3.63) is 24.3 Å². The van der Waals surface area contributed by atoms with Crippen LogP contribution in [-0.4, -0.2) is 36.9 Å². The van der Waals surface area contributed by atoms with Gasteiger partial charge in [0.1, 0.15) is 11.5 Å². The lowest BCUT2D eigenvalue weighted by molar-refractivity contribution is -0.127. The minimum atomic E-state index is -0.581. The molecule has 1 aromatic carbocycles. The number of rotatable bonds is 7. The maximum Gasteiger partial charge on any atom is 0.260 e. The number of nitrogens with one attached hydrogen (secondary N) is 1. The predicted molar refractivity (Wildman–Crippen MR) is 72.4 cm³/mol. The van der Waals surface area contributed by atoms with Crippen LogP contribution in [0.25, 0.3) is 0 Å². The Labute approximate surface area is 113 Å². The van der Waals surface area contributed by atoms with Crippen molar-refractivity contribution in [3.8, 4) is 11.5 Å². The summed E-state index contributed by atoms with van der Waals surface area (Å²) >= 11 is 0. The summed E-state index contributed by atoms with van der Waals surface area (Å²) in [5.41, 5.74) is 0. The third-order valence-electron chi connectivity index (χ3n) is 2.60. The first kappa shape index (κ1) is 15.3. The monoisotopic (exact) mass is 267 g/mol. The molecule has 106 valence electrons. The number of aliphatic hydroxyl groups excluding tert-OH is 1. The molecule has 0 spiro atoms. The Morgan fingerprint density at radius 3 is 2.37 bits per heavy atom. The Balaban J connectivity index is 2.40. The van der Waals surface area contributed by atoms with Gasteiger partial charge in [-0.05, 0) is 44.5 Å². The van der Waals surface area contributed by atoms with E-state index in [0.717, 1.165) is 5.75 Å². The molecule has 0 aromatic heterocycles. The van der Waals surface area contributed by atoms with Gasteiger partial charge in [0, 0.05) is 6.54 Å². The lowest BCUT2D eigenvalue weighted by Crippen LogP contribution is -2.37. The molecule has 1 aromatic rings. The van der Waals surface area contributed by atoms with E-state index < -0.39 is 12.2 Å². The molecule has 5 heteroatoms. The van der Waals surface area contributed by atoms with Crippen LogP contribution in [0.2, 0.25) is 0 Å². The summed E-state index contributed by atoms with van der Waals surface area (Å²) in [4.78, 5) is 11.7. The summed E-state index contributed by atoms with van der Waals surface area (Å²) in [6.07, 6.45) is -0.471. The van der Waals surface area contributed by atoms with Crippen molar-refractivity contribution in [2.45, 2.75) is 32.5 Å². The van der Waals surface area contributed by atoms with Gasteiger partial charge in [-0.1, -0.05) is 0 Å². The van der Waals surface area contributed by atoms with Gasteiger partial charge in [0.05, 0.1) is 13.2 Å². The average Bonchev–Trinajstić information content (AvgIpc) is 2.39. The van der Waals surface area contributed by atoms with Crippen LogP contribution in [0.4, 0.5) is 0 Å². The number of benzene rings is 1. The summed E-state index contributed by atoms with van der Waals surface area (Å²) in [5, 5.41) is 11.8. The number of methoxy groups -OCH3 is 1. The standard InChI is InChI=1S/C14H21NO4/c1-10(16)8-9-15-14(17)11(2)19-13-6-4-12(18-3)5-7-13/h4-7,10-11,16H,8-9H2,1-3H3,(H,15,17). The van der Waals surface area contributed by atoms with E-state index in [1.807, 2.05) is 0 Å². The number of amides is 1. The van der Waals surface area contributed by atoms with E-state index in [4.69, 9.17) is 14.6 Å². The molecule has 19 heavy (non-hydrogen) atoms. The van der Waals surface area contributed by atoms with Gasteiger partial charge in [0.2, 0.25) is 0 Å². The number of carbonyl (C=O) groups is 1. The van der Waals surface area contributed by atoms with Crippen LogP contribution in [0.15, 0.2) is 24.3 Å². The van der Waals surface area contributed by atoms with Gasteiger partial charge >= 0.3 is 0 Å². The van der Waals surface area contributed by atoms with Gasteiger partial charge in [-0.25, -0.2) is 0 Å². The quantitative estimate of drug-likeness (QED) is 0.782. The molecule has 0 heterocycles. The molecule has 5 nitrogen and oxygen atoms in total. The Hall–Kier alpha value is -1.75. The van der Waals surface area contributed by atoms with Crippen molar-refractivity contribution in [2.75, 3.05) is 13.7 Å². The van der Waals surface area contributed by atoms with Gasteiger partial charge in [-0.15, -0.1) is 0 Å². The molecule has 0 aliphatic carbocycles. The van der Waals surface area contributed by atoms with Crippen LogP contribution in [0.5, 0.6) is 11.5 Å². The van der Waals surface area contributed by atoms with E-state index in [0.29, 0.717) is 18.7 Å². The minimum absolute atomic E-state index is 0.198. The van der Waals surface area contributed by atoms with Gasteiger partial charge < -0.3 is 19.9 Å². The van der Waals surface area contributed by atoms with Crippen molar-refractivity contribution in [2.24, 2.45) is 0 Å². The second kappa shape index (κ2) is 7.63. The Morgan fingerprint density at radius 1 is 1.26 bits per heavy atom. The number of aliphatic hydroxyl groups is 1. The lowest BCUT2D eigenvalue weighted by Gasteiger charge is -2.15. The third-order valence-corrected chi connectivity index (χ3v) is 2.60.